The molecule has 0 unspecified atom stereocenters. The Hall–Kier alpha value is -3.50. The Morgan fingerprint density at radius 2 is 1.63 bits per heavy atom. The molecule has 0 saturated heterocycles. The van der Waals surface area contributed by atoms with E-state index in [4.69, 9.17) is 12.8 Å². The highest BCUT2D eigenvalue weighted by Gasteiger charge is 2.16. The van der Waals surface area contributed by atoms with Crippen LogP contribution in [0.2, 0.25) is 0 Å². The fraction of sp³-hybridized carbons (Fsp3) is 0.308. The van der Waals surface area contributed by atoms with Crippen LogP contribution in [0.25, 0.3) is 22.2 Å². The molecule has 0 aliphatic carbocycles. The number of fused-ring (bicyclic) bond motifs is 1. The van der Waals surface area contributed by atoms with Crippen LogP contribution in [0.5, 0.6) is 0 Å². The maximum Gasteiger partial charge on any atom is 0.348 e. The summed E-state index contributed by atoms with van der Waals surface area (Å²) in [4.78, 5) is 19.3. The molecule has 0 saturated carbocycles. The first-order valence-corrected chi connectivity index (χ1v) is 10.2. The fourth-order valence-electron chi connectivity index (χ4n) is 3.64. The van der Waals surface area contributed by atoms with Gasteiger partial charge in [-0.15, -0.1) is 12.8 Å². The summed E-state index contributed by atoms with van der Waals surface area (Å²) in [6, 6.07) is 14.2. The lowest BCUT2D eigenvalue weighted by atomic mass is 9.99. The molecule has 4 nitrogen and oxygen atoms in total. The smallest absolute Gasteiger partial charge is 0.348 e. The lowest BCUT2D eigenvalue weighted by Gasteiger charge is -2.22. The van der Waals surface area contributed by atoms with Crippen molar-refractivity contribution in [2.45, 2.75) is 39.7 Å². The van der Waals surface area contributed by atoms with Gasteiger partial charge in [0.15, 0.2) is 0 Å². The van der Waals surface area contributed by atoms with Crippen LogP contribution >= 0.6 is 0 Å². The highest BCUT2D eigenvalue weighted by atomic mass is 16.1. The number of anilines is 1. The van der Waals surface area contributed by atoms with Crippen LogP contribution in [-0.4, -0.2) is 22.6 Å². The van der Waals surface area contributed by atoms with E-state index >= 15 is 0 Å². The highest BCUT2D eigenvalue weighted by Crippen LogP contribution is 2.31. The van der Waals surface area contributed by atoms with Crippen molar-refractivity contribution >= 4 is 16.6 Å². The van der Waals surface area contributed by atoms with E-state index < -0.39 is 0 Å². The van der Waals surface area contributed by atoms with Gasteiger partial charge < -0.3 is 4.90 Å². The van der Waals surface area contributed by atoms with Crippen LogP contribution in [0.4, 0.5) is 5.69 Å². The Morgan fingerprint density at radius 1 is 1.00 bits per heavy atom. The van der Waals surface area contributed by atoms with Crippen molar-refractivity contribution in [2.24, 2.45) is 0 Å². The van der Waals surface area contributed by atoms with Crippen molar-refractivity contribution in [3.8, 4) is 35.9 Å². The monoisotopic (exact) mass is 397 g/mol. The second kappa shape index (κ2) is 8.89. The summed E-state index contributed by atoms with van der Waals surface area (Å²) >= 11 is 0. The molecule has 3 rings (SSSR count). The van der Waals surface area contributed by atoms with Crippen molar-refractivity contribution in [3.05, 3.63) is 58.5 Å². The molecule has 0 bridgehead atoms. The molecule has 0 fully saturated rings. The first kappa shape index (κ1) is 21.2. The number of aromatic nitrogens is 2. The summed E-state index contributed by atoms with van der Waals surface area (Å²) < 4.78 is 1.72. The molecule has 0 radical (unpaired) electrons. The van der Waals surface area contributed by atoms with Crippen LogP contribution in [0.3, 0.4) is 0 Å². The quantitative estimate of drug-likeness (QED) is 0.559. The third-order valence-corrected chi connectivity index (χ3v) is 5.20. The lowest BCUT2D eigenvalue weighted by Crippen LogP contribution is -2.26. The summed E-state index contributed by atoms with van der Waals surface area (Å²) in [6.07, 6.45) is 11.1. The normalized spacial score (nSPS) is 10.9. The Morgan fingerprint density at radius 3 is 2.17 bits per heavy atom. The average molecular weight is 398 g/mol. The summed E-state index contributed by atoms with van der Waals surface area (Å²) in [6.45, 7) is 9.10. The van der Waals surface area contributed by atoms with E-state index in [9.17, 15) is 4.79 Å². The minimum absolute atomic E-state index is 0.0109. The molecular weight excluding hydrogens is 370 g/mol. The van der Waals surface area contributed by atoms with Gasteiger partial charge in [-0.05, 0) is 43.5 Å². The van der Waals surface area contributed by atoms with Gasteiger partial charge in [-0.2, -0.15) is 4.98 Å². The Balaban J connectivity index is 2.29. The zero-order valence-electron chi connectivity index (χ0n) is 18.0. The maximum atomic E-state index is 12.9. The highest BCUT2D eigenvalue weighted by molar-refractivity contribution is 5.94. The van der Waals surface area contributed by atoms with E-state index in [1.165, 1.54) is 5.56 Å². The molecule has 1 heterocycles. The molecule has 3 aromatic rings. The Bertz CT molecular complexity index is 1170. The van der Waals surface area contributed by atoms with Gasteiger partial charge in [0.25, 0.3) is 0 Å². The van der Waals surface area contributed by atoms with E-state index in [0.29, 0.717) is 24.7 Å². The number of nitrogens with zero attached hydrogens (tertiary/aromatic N) is 3. The second-order valence-corrected chi connectivity index (χ2v) is 7.95. The van der Waals surface area contributed by atoms with E-state index in [2.05, 4.69) is 42.8 Å². The largest absolute Gasteiger partial charge is 0.349 e. The first-order valence-electron chi connectivity index (χ1n) is 10.2. The van der Waals surface area contributed by atoms with Crippen LogP contribution in [0.15, 0.2) is 47.3 Å². The Labute approximate surface area is 178 Å². The zero-order chi connectivity index (χ0) is 21.8. The summed E-state index contributed by atoms with van der Waals surface area (Å²) in [7, 11) is 0. The molecule has 30 heavy (non-hydrogen) atoms. The molecule has 152 valence electrons. The van der Waals surface area contributed by atoms with Gasteiger partial charge in [0.05, 0.1) is 24.3 Å². The Kier molecular flexibility index (Phi) is 6.28. The third-order valence-electron chi connectivity index (χ3n) is 5.20. The number of benzene rings is 2. The van der Waals surface area contributed by atoms with Crippen molar-refractivity contribution in [3.63, 3.8) is 0 Å². The molecule has 2 aromatic carbocycles. The van der Waals surface area contributed by atoms with E-state index in [-0.39, 0.29) is 11.7 Å². The van der Waals surface area contributed by atoms with Gasteiger partial charge in [0.2, 0.25) is 0 Å². The van der Waals surface area contributed by atoms with Gasteiger partial charge in [0, 0.05) is 22.7 Å². The number of hydrogen-bond acceptors (Lipinski definition) is 3. The molecule has 0 amide bonds. The first-order chi connectivity index (χ1) is 14.4. The van der Waals surface area contributed by atoms with Crippen LogP contribution in [0, 0.1) is 24.7 Å². The molecule has 1 aromatic heterocycles. The fourth-order valence-corrected chi connectivity index (χ4v) is 3.64. The second-order valence-electron chi connectivity index (χ2n) is 7.95. The summed E-state index contributed by atoms with van der Waals surface area (Å²) in [5, 5.41) is 0.900. The van der Waals surface area contributed by atoms with Gasteiger partial charge in [-0.1, -0.05) is 50.0 Å². The third kappa shape index (κ3) is 4.09. The van der Waals surface area contributed by atoms with Gasteiger partial charge >= 0.3 is 5.69 Å². The molecule has 0 atom stereocenters. The number of terminal acetylenes is 2. The SMILES string of the molecule is C#CCN(CC#C)c1ccc2c(c1)c(-c1ccc(C(C)C)cc1)nc(=O)n2C(C)C. The topological polar surface area (TPSA) is 38.1 Å². The van der Waals surface area contributed by atoms with Crippen molar-refractivity contribution < 1.29 is 0 Å². The minimum Gasteiger partial charge on any atom is -0.349 e. The van der Waals surface area contributed by atoms with Crippen LogP contribution in [0.1, 0.15) is 45.2 Å². The number of rotatable bonds is 6. The average Bonchev–Trinajstić information content (AvgIpc) is 2.72. The minimum atomic E-state index is -0.253. The van der Waals surface area contributed by atoms with E-state index in [1.54, 1.807) is 4.57 Å². The van der Waals surface area contributed by atoms with Gasteiger partial charge in [0.1, 0.15) is 0 Å². The molecule has 0 N–H and O–H groups in total. The number of hydrogen-bond donors (Lipinski definition) is 0. The summed E-state index contributed by atoms with van der Waals surface area (Å²) in [5.41, 5.74) is 4.33. The van der Waals surface area contributed by atoms with Crippen molar-refractivity contribution in [1.82, 2.24) is 9.55 Å². The predicted octanol–water partition coefficient (Wildman–Crippen LogP) is 4.84. The predicted molar refractivity (Wildman–Crippen MR) is 126 cm³/mol. The molecule has 0 aliphatic rings. The van der Waals surface area contributed by atoms with Crippen LogP contribution in [-0.2, 0) is 0 Å². The van der Waals surface area contributed by atoms with Crippen LogP contribution < -0.4 is 10.6 Å². The van der Waals surface area contributed by atoms with Gasteiger partial charge in [-0.3, -0.25) is 4.57 Å². The van der Waals surface area contributed by atoms with E-state index in [0.717, 1.165) is 22.2 Å². The summed E-state index contributed by atoms with van der Waals surface area (Å²) in [5.74, 6) is 5.76. The molecule has 0 aliphatic heterocycles. The molecule has 0 spiro atoms. The lowest BCUT2D eigenvalue weighted by molar-refractivity contribution is 0.587. The standard InChI is InChI=1S/C26H27N3O/c1-7-15-28(16-8-2)22-13-14-24-23(17-22)25(27-26(30)29(24)19(5)6)21-11-9-20(10-12-21)18(3)4/h1-2,9-14,17-19H,15-16H2,3-6H3. The van der Waals surface area contributed by atoms with E-state index in [1.807, 2.05) is 49.1 Å². The van der Waals surface area contributed by atoms with Crippen molar-refractivity contribution in [1.29, 1.82) is 0 Å². The maximum absolute atomic E-state index is 12.9. The molecule has 4 heteroatoms. The van der Waals surface area contributed by atoms with Gasteiger partial charge in [-0.25, -0.2) is 4.79 Å². The molecular formula is C26H27N3O. The zero-order valence-corrected chi connectivity index (χ0v) is 18.0. The van der Waals surface area contributed by atoms with Crippen molar-refractivity contribution in [2.75, 3.05) is 18.0 Å².